The molecule has 1 nitrogen and oxygen atoms in total. The number of rotatable bonds is 4. The molecule has 0 radical (unpaired) electrons. The second-order valence-electron chi connectivity index (χ2n) is 3.96. The van der Waals surface area contributed by atoms with Crippen molar-refractivity contribution in [3.05, 3.63) is 62.5 Å². The number of hydrogen-bond donors (Lipinski definition) is 1. The van der Waals surface area contributed by atoms with Crippen LogP contribution in [0, 0.1) is 0 Å². The Balaban J connectivity index is 2.01. The minimum absolute atomic E-state index is 0.544. The van der Waals surface area contributed by atoms with E-state index in [9.17, 15) is 5.11 Å². The van der Waals surface area contributed by atoms with E-state index < -0.39 is 6.10 Å². The van der Waals surface area contributed by atoms with Crippen LogP contribution in [-0.2, 0) is 0 Å². The zero-order chi connectivity index (χ0) is 13.8. The van der Waals surface area contributed by atoms with Crippen molar-refractivity contribution in [3.8, 4) is 0 Å². The number of benzene rings is 2. The Kier molecular flexibility index (Phi) is 5.60. The van der Waals surface area contributed by atoms with Gasteiger partial charge >= 0.3 is 0 Å². The molecule has 0 bridgehead atoms. The maximum Gasteiger partial charge on any atom is 0.0884 e. The van der Waals surface area contributed by atoms with Crippen LogP contribution in [0.4, 0.5) is 0 Å². The van der Waals surface area contributed by atoms with Gasteiger partial charge in [0.2, 0.25) is 0 Å². The Hall–Kier alpha value is -0.190. The molecule has 0 aliphatic rings. The molecule has 19 heavy (non-hydrogen) atoms. The van der Waals surface area contributed by atoms with E-state index in [-0.39, 0.29) is 0 Å². The summed E-state index contributed by atoms with van der Waals surface area (Å²) in [6.07, 6.45) is -0.544. The Morgan fingerprint density at radius 1 is 1.16 bits per heavy atom. The molecular formula is C14H11BrCl2OS. The van der Waals surface area contributed by atoms with Gasteiger partial charge in [-0.15, -0.1) is 11.8 Å². The van der Waals surface area contributed by atoms with Crippen molar-refractivity contribution in [1.82, 2.24) is 0 Å². The highest BCUT2D eigenvalue weighted by molar-refractivity contribution is 9.10. The summed E-state index contributed by atoms with van der Waals surface area (Å²) in [7, 11) is 0. The summed E-state index contributed by atoms with van der Waals surface area (Å²) in [6, 6.07) is 13.0. The molecular weight excluding hydrogens is 367 g/mol. The smallest absolute Gasteiger partial charge is 0.0884 e. The van der Waals surface area contributed by atoms with E-state index >= 15 is 0 Å². The van der Waals surface area contributed by atoms with Gasteiger partial charge in [-0.3, -0.25) is 0 Å². The fraction of sp³-hybridized carbons (Fsp3) is 0.143. The quantitative estimate of drug-likeness (QED) is 0.701. The fourth-order valence-electron chi connectivity index (χ4n) is 1.55. The first-order valence-electron chi connectivity index (χ1n) is 5.57. The van der Waals surface area contributed by atoms with Gasteiger partial charge in [0.25, 0.3) is 0 Å². The second kappa shape index (κ2) is 7.00. The summed E-state index contributed by atoms with van der Waals surface area (Å²) < 4.78 is 0.790. The van der Waals surface area contributed by atoms with Crippen LogP contribution in [0.1, 0.15) is 11.7 Å². The van der Waals surface area contributed by atoms with E-state index in [0.717, 1.165) is 14.9 Å². The maximum atomic E-state index is 10.1. The van der Waals surface area contributed by atoms with Gasteiger partial charge in [-0.05, 0) is 51.8 Å². The molecule has 0 aromatic heterocycles. The van der Waals surface area contributed by atoms with Gasteiger partial charge in [0.1, 0.15) is 0 Å². The van der Waals surface area contributed by atoms with Crippen LogP contribution >= 0.6 is 50.9 Å². The first-order valence-corrected chi connectivity index (χ1v) is 8.11. The lowest BCUT2D eigenvalue weighted by molar-refractivity contribution is 0.204. The SMILES string of the molecule is OC(CSc1cccc(Cl)c1)c1ccc(Cl)c(Br)c1. The number of hydrogen-bond acceptors (Lipinski definition) is 2. The first kappa shape index (κ1) is 15.2. The Morgan fingerprint density at radius 2 is 1.95 bits per heavy atom. The van der Waals surface area contributed by atoms with Crippen LogP contribution in [0.15, 0.2) is 51.8 Å². The van der Waals surface area contributed by atoms with E-state index in [0.29, 0.717) is 15.8 Å². The largest absolute Gasteiger partial charge is 0.388 e. The molecule has 0 fully saturated rings. The molecule has 2 aromatic carbocycles. The van der Waals surface area contributed by atoms with Crippen molar-refractivity contribution in [2.45, 2.75) is 11.0 Å². The van der Waals surface area contributed by atoms with E-state index in [1.165, 1.54) is 0 Å². The molecule has 5 heteroatoms. The topological polar surface area (TPSA) is 20.2 Å². The van der Waals surface area contributed by atoms with Crippen molar-refractivity contribution in [3.63, 3.8) is 0 Å². The van der Waals surface area contributed by atoms with Gasteiger partial charge < -0.3 is 5.11 Å². The van der Waals surface area contributed by atoms with Gasteiger partial charge in [-0.25, -0.2) is 0 Å². The van der Waals surface area contributed by atoms with Crippen molar-refractivity contribution in [2.24, 2.45) is 0 Å². The standard InChI is InChI=1S/C14H11BrCl2OS/c15-12-6-9(4-5-13(12)17)14(18)8-19-11-3-1-2-10(16)7-11/h1-7,14,18H,8H2. The van der Waals surface area contributed by atoms with E-state index in [1.807, 2.05) is 36.4 Å². The lowest BCUT2D eigenvalue weighted by atomic mass is 10.1. The molecule has 1 unspecified atom stereocenters. The minimum atomic E-state index is -0.544. The van der Waals surface area contributed by atoms with Crippen LogP contribution in [0.2, 0.25) is 10.0 Å². The highest BCUT2D eigenvalue weighted by atomic mass is 79.9. The van der Waals surface area contributed by atoms with Crippen LogP contribution in [-0.4, -0.2) is 10.9 Å². The molecule has 2 rings (SSSR count). The zero-order valence-electron chi connectivity index (χ0n) is 9.82. The number of thioether (sulfide) groups is 1. The Labute approximate surface area is 135 Å². The molecule has 0 spiro atoms. The fourth-order valence-corrected chi connectivity index (χ4v) is 3.24. The van der Waals surface area contributed by atoms with Gasteiger partial charge in [-0.1, -0.05) is 35.3 Å². The molecule has 0 aliphatic heterocycles. The number of aliphatic hydroxyl groups is 1. The number of aliphatic hydroxyl groups excluding tert-OH is 1. The second-order valence-corrected chi connectivity index (χ2v) is 6.75. The van der Waals surface area contributed by atoms with Crippen LogP contribution < -0.4 is 0 Å². The van der Waals surface area contributed by atoms with E-state index in [4.69, 9.17) is 23.2 Å². The van der Waals surface area contributed by atoms with Gasteiger partial charge in [-0.2, -0.15) is 0 Å². The van der Waals surface area contributed by atoms with Crippen molar-refractivity contribution in [1.29, 1.82) is 0 Å². The molecule has 1 atom stereocenters. The molecule has 0 heterocycles. The van der Waals surface area contributed by atoms with E-state index in [1.54, 1.807) is 17.8 Å². The Bertz CT molecular complexity index is 577. The summed E-state index contributed by atoms with van der Waals surface area (Å²) in [5, 5.41) is 11.5. The molecule has 2 aromatic rings. The summed E-state index contributed by atoms with van der Waals surface area (Å²) >= 11 is 16.8. The van der Waals surface area contributed by atoms with Gasteiger partial charge in [0.15, 0.2) is 0 Å². The summed E-state index contributed by atoms with van der Waals surface area (Å²) in [6.45, 7) is 0. The third kappa shape index (κ3) is 4.40. The normalized spacial score (nSPS) is 12.4. The minimum Gasteiger partial charge on any atom is -0.388 e. The monoisotopic (exact) mass is 376 g/mol. The van der Waals surface area contributed by atoms with Gasteiger partial charge in [0, 0.05) is 20.1 Å². The van der Waals surface area contributed by atoms with Gasteiger partial charge in [0.05, 0.1) is 11.1 Å². The zero-order valence-corrected chi connectivity index (χ0v) is 13.7. The van der Waals surface area contributed by atoms with Crippen LogP contribution in [0.3, 0.4) is 0 Å². The summed E-state index contributed by atoms with van der Waals surface area (Å²) in [5.74, 6) is 0.564. The summed E-state index contributed by atoms with van der Waals surface area (Å²) in [4.78, 5) is 1.04. The molecule has 0 saturated heterocycles. The average molecular weight is 378 g/mol. The number of halogens is 3. The summed E-state index contributed by atoms with van der Waals surface area (Å²) in [5.41, 5.74) is 0.839. The van der Waals surface area contributed by atoms with Crippen molar-refractivity contribution >= 4 is 50.9 Å². The lowest BCUT2D eigenvalue weighted by Gasteiger charge is -2.11. The van der Waals surface area contributed by atoms with E-state index in [2.05, 4.69) is 15.9 Å². The molecule has 0 amide bonds. The Morgan fingerprint density at radius 3 is 2.63 bits per heavy atom. The molecule has 1 N–H and O–H groups in total. The van der Waals surface area contributed by atoms with Crippen molar-refractivity contribution < 1.29 is 5.11 Å². The van der Waals surface area contributed by atoms with Crippen LogP contribution in [0.5, 0.6) is 0 Å². The third-order valence-corrected chi connectivity index (χ3v) is 5.05. The first-order chi connectivity index (χ1) is 9.06. The molecule has 0 saturated carbocycles. The molecule has 100 valence electrons. The third-order valence-electron chi connectivity index (χ3n) is 2.53. The highest BCUT2D eigenvalue weighted by Gasteiger charge is 2.10. The lowest BCUT2D eigenvalue weighted by Crippen LogP contribution is -2.00. The molecule has 0 aliphatic carbocycles. The maximum absolute atomic E-state index is 10.1. The average Bonchev–Trinajstić information content (AvgIpc) is 2.39. The predicted molar refractivity (Wildman–Crippen MR) is 86.3 cm³/mol. The highest BCUT2D eigenvalue weighted by Crippen LogP contribution is 2.30. The van der Waals surface area contributed by atoms with Crippen molar-refractivity contribution in [2.75, 3.05) is 5.75 Å². The van der Waals surface area contributed by atoms with Crippen LogP contribution in [0.25, 0.3) is 0 Å². The predicted octanol–water partition coefficient (Wildman–Crippen LogP) is 5.58.